The Morgan fingerprint density at radius 3 is 2.74 bits per heavy atom. The van der Waals surface area contributed by atoms with Crippen LogP contribution in [0.5, 0.6) is 11.5 Å². The lowest BCUT2D eigenvalue weighted by Gasteiger charge is -2.11. The van der Waals surface area contributed by atoms with Gasteiger partial charge in [-0.1, -0.05) is 25.5 Å². The summed E-state index contributed by atoms with van der Waals surface area (Å²) in [7, 11) is 1.59. The second kappa shape index (κ2) is 12.3. The Kier molecular flexibility index (Phi) is 8.50. The number of hydrazone groups is 1. The number of benzene rings is 2. The maximum atomic E-state index is 12.4. The smallest absolute Gasteiger partial charge is 0.307 e. The minimum atomic E-state index is -0.539. The molecule has 4 rings (SSSR count). The van der Waals surface area contributed by atoms with Crippen LogP contribution in [0.4, 0.5) is 5.69 Å². The van der Waals surface area contributed by atoms with E-state index in [9.17, 15) is 14.9 Å². The average Bonchev–Trinajstić information content (AvgIpc) is 3.59. The highest BCUT2D eigenvalue weighted by molar-refractivity contribution is 5.92. The van der Waals surface area contributed by atoms with Crippen molar-refractivity contribution in [2.75, 3.05) is 7.11 Å². The molecule has 1 N–H and O–H groups in total. The Morgan fingerprint density at radius 1 is 1.21 bits per heavy atom. The molecule has 38 heavy (non-hydrogen) atoms. The number of rotatable bonds is 12. The van der Waals surface area contributed by atoms with E-state index in [-0.39, 0.29) is 18.0 Å². The number of hydrogen-bond donors (Lipinski definition) is 1. The number of aryl methyl sites for hydroxylation is 1. The molecule has 0 saturated carbocycles. The summed E-state index contributed by atoms with van der Waals surface area (Å²) in [4.78, 5) is 22.7. The molecule has 196 valence electrons. The van der Waals surface area contributed by atoms with E-state index in [1.165, 1.54) is 28.7 Å². The summed E-state index contributed by atoms with van der Waals surface area (Å²) in [5.74, 6) is 1.37. The van der Waals surface area contributed by atoms with Gasteiger partial charge in [-0.3, -0.25) is 19.6 Å². The summed E-state index contributed by atoms with van der Waals surface area (Å²) in [6.45, 7) is 2.59. The van der Waals surface area contributed by atoms with E-state index in [2.05, 4.69) is 34.7 Å². The number of nitro groups is 1. The monoisotopic (exact) mass is 517 g/mol. The molecular formula is C27H27N5O6. The highest BCUT2D eigenvalue weighted by atomic mass is 16.6. The van der Waals surface area contributed by atoms with Gasteiger partial charge in [-0.05, 0) is 60.0 Å². The molecule has 2 aromatic carbocycles. The first kappa shape index (κ1) is 26.1. The van der Waals surface area contributed by atoms with Crippen molar-refractivity contribution in [3.8, 4) is 11.5 Å². The van der Waals surface area contributed by atoms with Crippen molar-refractivity contribution in [3.63, 3.8) is 0 Å². The van der Waals surface area contributed by atoms with Crippen molar-refractivity contribution in [2.45, 2.75) is 32.9 Å². The third-order valence-corrected chi connectivity index (χ3v) is 5.57. The molecule has 0 atom stereocenters. The predicted octanol–water partition coefficient (Wildman–Crippen LogP) is 4.74. The molecule has 0 spiro atoms. The lowest BCUT2D eigenvalue weighted by Crippen LogP contribution is -2.16. The fourth-order valence-electron chi connectivity index (χ4n) is 3.69. The van der Waals surface area contributed by atoms with Gasteiger partial charge >= 0.3 is 11.6 Å². The number of carbonyl (C=O) groups is 1. The van der Waals surface area contributed by atoms with Crippen LogP contribution in [-0.4, -0.2) is 33.9 Å². The van der Waals surface area contributed by atoms with E-state index in [1.807, 2.05) is 30.3 Å². The molecule has 11 heteroatoms. The summed E-state index contributed by atoms with van der Waals surface area (Å²) < 4.78 is 18.3. The molecule has 0 bridgehead atoms. The number of nitrogens with zero attached hydrogens (tertiary/aromatic N) is 4. The highest BCUT2D eigenvalue weighted by Gasteiger charge is 2.13. The van der Waals surface area contributed by atoms with E-state index >= 15 is 0 Å². The van der Waals surface area contributed by atoms with Gasteiger partial charge in [0.05, 0.1) is 24.8 Å². The Labute approximate surface area is 218 Å². The van der Waals surface area contributed by atoms with Crippen molar-refractivity contribution < 1.29 is 23.6 Å². The summed E-state index contributed by atoms with van der Waals surface area (Å²) in [6.07, 6.45) is 6.06. The van der Waals surface area contributed by atoms with Crippen LogP contribution in [0.15, 0.2) is 76.5 Å². The standard InChI is InChI=1S/C27H27N5O6/c1-3-4-19-5-8-23(9-6-19)37-18-21-13-20(7-11-25(21)36-2)14-28-30-27(33)26-12-10-24(38-26)17-31-16-22(15-29-31)32(34)35/h5-16H,3-4,17-18H2,1-2H3,(H,30,33)/b28-14-. The molecular weight excluding hydrogens is 490 g/mol. The largest absolute Gasteiger partial charge is 0.496 e. The van der Waals surface area contributed by atoms with Crippen molar-refractivity contribution in [2.24, 2.45) is 5.10 Å². The maximum absolute atomic E-state index is 12.4. The van der Waals surface area contributed by atoms with Gasteiger partial charge in [-0.25, -0.2) is 5.43 Å². The molecule has 2 heterocycles. The van der Waals surface area contributed by atoms with E-state index in [1.54, 1.807) is 13.2 Å². The molecule has 0 radical (unpaired) electrons. The van der Waals surface area contributed by atoms with E-state index in [0.29, 0.717) is 18.1 Å². The molecule has 0 saturated heterocycles. The SMILES string of the molecule is CCCc1ccc(OCc2cc(/C=N\NC(=O)c3ccc(Cn4cc([N+](=O)[O-])cn4)o3)ccc2OC)cc1. The van der Waals surface area contributed by atoms with Crippen LogP contribution >= 0.6 is 0 Å². The number of aromatic nitrogens is 2. The van der Waals surface area contributed by atoms with Crippen LogP contribution in [0.25, 0.3) is 0 Å². The fourth-order valence-corrected chi connectivity index (χ4v) is 3.69. The quantitative estimate of drug-likeness (QED) is 0.163. The van der Waals surface area contributed by atoms with E-state index < -0.39 is 10.8 Å². The minimum Gasteiger partial charge on any atom is -0.496 e. The Hall–Kier alpha value is -4.93. The lowest BCUT2D eigenvalue weighted by molar-refractivity contribution is -0.385. The number of amides is 1. The van der Waals surface area contributed by atoms with Crippen LogP contribution in [0.3, 0.4) is 0 Å². The number of methoxy groups -OCH3 is 1. The van der Waals surface area contributed by atoms with Gasteiger partial charge in [-0.15, -0.1) is 0 Å². The van der Waals surface area contributed by atoms with Crippen LogP contribution in [0.1, 0.15) is 46.3 Å². The second-order valence-electron chi connectivity index (χ2n) is 8.37. The predicted molar refractivity (Wildman–Crippen MR) is 140 cm³/mol. The Balaban J connectivity index is 1.34. The van der Waals surface area contributed by atoms with Crippen LogP contribution in [0.2, 0.25) is 0 Å². The molecule has 0 unspecified atom stereocenters. The van der Waals surface area contributed by atoms with Crippen molar-refractivity contribution >= 4 is 17.8 Å². The van der Waals surface area contributed by atoms with Gasteiger partial charge in [0.25, 0.3) is 0 Å². The fraction of sp³-hybridized carbons (Fsp3) is 0.222. The van der Waals surface area contributed by atoms with Crippen molar-refractivity contribution in [1.29, 1.82) is 0 Å². The molecule has 4 aromatic rings. The van der Waals surface area contributed by atoms with Gasteiger partial charge in [-0.2, -0.15) is 10.2 Å². The summed E-state index contributed by atoms with van der Waals surface area (Å²) >= 11 is 0. The summed E-state index contributed by atoms with van der Waals surface area (Å²) in [6, 6.07) is 16.6. The first-order valence-corrected chi connectivity index (χ1v) is 11.9. The Bertz CT molecular complexity index is 1420. The number of nitrogens with one attached hydrogen (secondary N) is 1. The van der Waals surface area contributed by atoms with Gasteiger partial charge in [0.15, 0.2) is 5.76 Å². The number of carbonyl (C=O) groups excluding carboxylic acids is 1. The number of furan rings is 1. The zero-order chi connectivity index (χ0) is 26.9. The van der Waals surface area contributed by atoms with Crippen LogP contribution in [-0.2, 0) is 19.6 Å². The molecule has 2 aromatic heterocycles. The highest BCUT2D eigenvalue weighted by Crippen LogP contribution is 2.22. The molecule has 0 aliphatic heterocycles. The molecule has 0 aliphatic carbocycles. The second-order valence-corrected chi connectivity index (χ2v) is 8.37. The van der Waals surface area contributed by atoms with Crippen LogP contribution in [0, 0.1) is 10.1 Å². The van der Waals surface area contributed by atoms with Gasteiger partial charge in [0, 0.05) is 5.56 Å². The maximum Gasteiger partial charge on any atom is 0.307 e. The zero-order valence-corrected chi connectivity index (χ0v) is 21.0. The minimum absolute atomic E-state index is 0.0487. The third kappa shape index (κ3) is 6.84. The lowest BCUT2D eigenvalue weighted by atomic mass is 10.1. The van der Waals surface area contributed by atoms with Gasteiger partial charge < -0.3 is 13.9 Å². The number of hydrogen-bond acceptors (Lipinski definition) is 8. The third-order valence-electron chi connectivity index (χ3n) is 5.57. The van der Waals surface area contributed by atoms with Crippen molar-refractivity contribution in [3.05, 3.63) is 105 Å². The Morgan fingerprint density at radius 2 is 2.03 bits per heavy atom. The molecule has 0 aliphatic rings. The molecule has 0 fully saturated rings. The number of ether oxygens (including phenoxy) is 2. The topological polar surface area (TPSA) is 134 Å². The average molecular weight is 518 g/mol. The van der Waals surface area contributed by atoms with E-state index in [4.69, 9.17) is 13.9 Å². The first-order chi connectivity index (χ1) is 18.4. The van der Waals surface area contributed by atoms with Gasteiger partial charge in [0.1, 0.15) is 36.3 Å². The van der Waals surface area contributed by atoms with Crippen LogP contribution < -0.4 is 14.9 Å². The van der Waals surface area contributed by atoms with Crippen molar-refractivity contribution in [1.82, 2.24) is 15.2 Å². The zero-order valence-electron chi connectivity index (χ0n) is 21.0. The van der Waals surface area contributed by atoms with Gasteiger partial charge in [0.2, 0.25) is 0 Å². The summed E-state index contributed by atoms with van der Waals surface area (Å²) in [5.41, 5.74) is 5.14. The molecule has 11 nitrogen and oxygen atoms in total. The van der Waals surface area contributed by atoms with E-state index in [0.717, 1.165) is 35.9 Å². The normalized spacial score (nSPS) is 11.0. The first-order valence-electron chi connectivity index (χ1n) is 11.9. The summed E-state index contributed by atoms with van der Waals surface area (Å²) in [5, 5.41) is 18.7. The molecule has 1 amide bonds.